The second-order valence-electron chi connectivity index (χ2n) is 5.18. The summed E-state index contributed by atoms with van der Waals surface area (Å²) in [5.41, 5.74) is 1.76. The second-order valence-corrected chi connectivity index (χ2v) is 5.18. The van der Waals surface area contributed by atoms with Crippen LogP contribution in [0.2, 0.25) is 0 Å². The van der Waals surface area contributed by atoms with Crippen molar-refractivity contribution in [2.24, 2.45) is 0 Å². The Hall–Kier alpha value is -2.69. The van der Waals surface area contributed by atoms with Gasteiger partial charge in [-0.2, -0.15) is 0 Å². The summed E-state index contributed by atoms with van der Waals surface area (Å²) in [6, 6.07) is 12.9. The van der Waals surface area contributed by atoms with Crippen LogP contribution in [0.3, 0.4) is 0 Å². The fourth-order valence-electron chi connectivity index (χ4n) is 2.25. The molecule has 2 rings (SSSR count). The number of benzene rings is 2. The molecule has 5 heteroatoms. The van der Waals surface area contributed by atoms with Gasteiger partial charge in [-0.25, -0.2) is 4.39 Å². The van der Waals surface area contributed by atoms with E-state index >= 15 is 0 Å². The molecule has 0 heterocycles. The monoisotopic (exact) mass is 314 g/mol. The van der Waals surface area contributed by atoms with Gasteiger partial charge in [0.25, 0.3) is 0 Å². The van der Waals surface area contributed by atoms with Crippen molar-refractivity contribution in [1.82, 2.24) is 0 Å². The van der Waals surface area contributed by atoms with Crippen molar-refractivity contribution in [3.05, 3.63) is 59.9 Å². The highest BCUT2D eigenvalue weighted by Gasteiger charge is 2.11. The first kappa shape index (κ1) is 16.7. The molecule has 0 bridgehead atoms. The summed E-state index contributed by atoms with van der Waals surface area (Å²) in [7, 11) is 0. The average Bonchev–Trinajstić information content (AvgIpc) is 2.52. The molecule has 0 fully saturated rings. The molecule has 0 saturated carbocycles. The van der Waals surface area contributed by atoms with E-state index in [9.17, 15) is 14.0 Å². The number of carbonyl (C=O) groups is 2. The maximum Gasteiger partial charge on any atom is 0.243 e. The van der Waals surface area contributed by atoms with Crippen LogP contribution in [0, 0.1) is 5.82 Å². The Labute approximate surface area is 134 Å². The zero-order chi connectivity index (χ0) is 16.8. The molecule has 120 valence electrons. The lowest BCUT2D eigenvalue weighted by Gasteiger charge is -2.22. The number of nitrogens with zero attached hydrogens (tertiary/aromatic N) is 1. The van der Waals surface area contributed by atoms with Gasteiger partial charge in [-0.3, -0.25) is 9.59 Å². The van der Waals surface area contributed by atoms with Gasteiger partial charge in [-0.05, 0) is 44.2 Å². The molecule has 0 radical (unpaired) electrons. The Balaban J connectivity index is 2.06. The van der Waals surface area contributed by atoms with Crippen molar-refractivity contribution < 1.29 is 14.0 Å². The minimum Gasteiger partial charge on any atom is -0.362 e. The maximum absolute atomic E-state index is 13.3. The first-order valence-electron chi connectivity index (χ1n) is 7.41. The topological polar surface area (TPSA) is 49.4 Å². The molecule has 2 aromatic carbocycles. The Morgan fingerprint density at radius 1 is 1.13 bits per heavy atom. The number of rotatable bonds is 6. The molecule has 1 amide bonds. The van der Waals surface area contributed by atoms with E-state index in [4.69, 9.17) is 0 Å². The smallest absolute Gasteiger partial charge is 0.243 e. The van der Waals surface area contributed by atoms with Crippen LogP contribution >= 0.6 is 0 Å². The molecule has 4 nitrogen and oxygen atoms in total. The van der Waals surface area contributed by atoms with Crippen LogP contribution in [0.5, 0.6) is 0 Å². The van der Waals surface area contributed by atoms with Gasteiger partial charge in [0.15, 0.2) is 5.78 Å². The summed E-state index contributed by atoms with van der Waals surface area (Å²) in [6.45, 7) is 4.05. The van der Waals surface area contributed by atoms with Crippen LogP contribution in [0.4, 0.5) is 15.8 Å². The molecule has 23 heavy (non-hydrogen) atoms. The lowest BCUT2D eigenvalue weighted by Crippen LogP contribution is -2.33. The molecule has 0 aliphatic rings. The van der Waals surface area contributed by atoms with Gasteiger partial charge < -0.3 is 10.2 Å². The van der Waals surface area contributed by atoms with Crippen molar-refractivity contribution in [2.45, 2.75) is 13.8 Å². The van der Waals surface area contributed by atoms with Gasteiger partial charge in [0.1, 0.15) is 5.82 Å². The molecule has 0 atom stereocenters. The van der Waals surface area contributed by atoms with E-state index in [-0.39, 0.29) is 24.1 Å². The molecular formula is C18H19FN2O2. The van der Waals surface area contributed by atoms with E-state index in [1.807, 2.05) is 6.92 Å². The third-order valence-electron chi connectivity index (χ3n) is 3.44. The average molecular weight is 314 g/mol. The van der Waals surface area contributed by atoms with Gasteiger partial charge in [0, 0.05) is 23.5 Å². The number of hydrogen-bond acceptors (Lipinski definition) is 3. The fourth-order valence-corrected chi connectivity index (χ4v) is 2.25. The largest absolute Gasteiger partial charge is 0.362 e. The number of carbonyl (C=O) groups excluding carboxylic acids is 2. The molecule has 0 unspecified atom stereocenters. The summed E-state index contributed by atoms with van der Waals surface area (Å²) in [4.78, 5) is 25.3. The predicted octanol–water partition coefficient (Wildman–Crippen LogP) is 3.49. The Kier molecular flexibility index (Phi) is 5.46. The van der Waals surface area contributed by atoms with E-state index < -0.39 is 0 Å². The van der Waals surface area contributed by atoms with Gasteiger partial charge >= 0.3 is 0 Å². The summed E-state index contributed by atoms with van der Waals surface area (Å²) in [5.74, 6) is -0.622. The van der Waals surface area contributed by atoms with Crippen LogP contribution in [0.25, 0.3) is 0 Å². The van der Waals surface area contributed by atoms with E-state index in [1.54, 1.807) is 41.3 Å². The van der Waals surface area contributed by atoms with Crippen molar-refractivity contribution in [1.29, 1.82) is 0 Å². The van der Waals surface area contributed by atoms with Crippen LogP contribution < -0.4 is 10.2 Å². The van der Waals surface area contributed by atoms with Crippen molar-refractivity contribution in [2.75, 3.05) is 23.3 Å². The number of halogens is 1. The quantitative estimate of drug-likeness (QED) is 0.830. The maximum atomic E-state index is 13.3. The second kappa shape index (κ2) is 7.54. The Morgan fingerprint density at radius 3 is 2.52 bits per heavy atom. The van der Waals surface area contributed by atoms with Crippen molar-refractivity contribution in [3.63, 3.8) is 0 Å². The first-order chi connectivity index (χ1) is 11.0. The highest BCUT2D eigenvalue weighted by molar-refractivity contribution is 5.98. The lowest BCUT2D eigenvalue weighted by molar-refractivity contribution is -0.115. The van der Waals surface area contributed by atoms with Gasteiger partial charge in [0.05, 0.1) is 6.54 Å². The number of amides is 1. The van der Waals surface area contributed by atoms with Crippen LogP contribution in [0.15, 0.2) is 48.5 Å². The van der Waals surface area contributed by atoms with Gasteiger partial charge in [-0.15, -0.1) is 0 Å². The van der Waals surface area contributed by atoms with E-state index in [2.05, 4.69) is 5.32 Å². The number of likely N-dealkylation sites (N-methyl/N-ethyl adjacent to an activating group) is 1. The highest BCUT2D eigenvalue weighted by Crippen LogP contribution is 2.16. The normalized spacial score (nSPS) is 10.2. The van der Waals surface area contributed by atoms with E-state index in [0.29, 0.717) is 23.5 Å². The third kappa shape index (κ3) is 4.64. The van der Waals surface area contributed by atoms with Gasteiger partial charge in [0.2, 0.25) is 5.91 Å². The van der Waals surface area contributed by atoms with Crippen LogP contribution in [-0.4, -0.2) is 24.8 Å². The molecule has 1 N–H and O–H groups in total. The third-order valence-corrected chi connectivity index (χ3v) is 3.44. The number of ketones is 1. The molecular weight excluding hydrogens is 295 g/mol. The zero-order valence-corrected chi connectivity index (χ0v) is 13.2. The number of hydrogen-bond donors (Lipinski definition) is 1. The molecule has 2 aromatic rings. The molecule has 0 aromatic heterocycles. The summed E-state index contributed by atoms with van der Waals surface area (Å²) < 4.78 is 13.3. The van der Waals surface area contributed by atoms with Gasteiger partial charge in [-0.1, -0.05) is 18.2 Å². The molecule has 0 saturated heterocycles. The minimum absolute atomic E-state index is 0.0592. The summed E-state index contributed by atoms with van der Waals surface area (Å²) >= 11 is 0. The first-order valence-corrected chi connectivity index (χ1v) is 7.41. The van der Waals surface area contributed by atoms with Crippen LogP contribution in [-0.2, 0) is 4.79 Å². The minimum atomic E-state index is -0.337. The molecule has 0 aliphatic carbocycles. The van der Waals surface area contributed by atoms with E-state index in [1.165, 1.54) is 19.1 Å². The van der Waals surface area contributed by atoms with Crippen LogP contribution in [0.1, 0.15) is 24.2 Å². The zero-order valence-electron chi connectivity index (χ0n) is 13.2. The lowest BCUT2D eigenvalue weighted by atomic mass is 10.1. The predicted molar refractivity (Wildman–Crippen MR) is 89.4 cm³/mol. The van der Waals surface area contributed by atoms with Crippen molar-refractivity contribution >= 4 is 23.1 Å². The van der Waals surface area contributed by atoms with E-state index in [0.717, 1.165) is 0 Å². The number of Topliss-reactive ketones (excluding diaryl/α,β-unsaturated/α-hetero) is 1. The molecule has 0 spiro atoms. The number of anilines is 2. The van der Waals surface area contributed by atoms with Crippen molar-refractivity contribution in [3.8, 4) is 0 Å². The fraction of sp³-hybridized carbons (Fsp3) is 0.222. The SMILES string of the molecule is CCN(CC(=O)Nc1cccc(C(C)=O)c1)c1cccc(F)c1. The summed E-state index contributed by atoms with van der Waals surface area (Å²) in [5, 5.41) is 2.76. The standard InChI is InChI=1S/C18H19FN2O2/c1-3-21(17-9-5-7-15(19)11-17)12-18(23)20-16-8-4-6-14(10-16)13(2)22/h4-11H,3,12H2,1-2H3,(H,20,23). The Morgan fingerprint density at radius 2 is 1.87 bits per heavy atom. The Bertz CT molecular complexity index is 716. The number of nitrogens with one attached hydrogen (secondary N) is 1. The summed E-state index contributed by atoms with van der Waals surface area (Å²) in [6.07, 6.45) is 0. The molecule has 0 aliphatic heterocycles. The highest BCUT2D eigenvalue weighted by atomic mass is 19.1.